The first-order valence-electron chi connectivity index (χ1n) is 11.0. The maximum Gasteiger partial charge on any atom is 0.347 e. The Kier molecular flexibility index (Phi) is 7.88. The first kappa shape index (κ1) is 23.9. The number of aryl methyl sites for hydroxylation is 1. The van der Waals surface area contributed by atoms with Gasteiger partial charge in [0.25, 0.3) is 0 Å². The number of anilines is 3. The predicted octanol–water partition coefficient (Wildman–Crippen LogP) is 3.03. The molecule has 2 N–H and O–H groups in total. The third-order valence-electron chi connectivity index (χ3n) is 5.45. The fraction of sp³-hybridized carbons (Fsp3) is 0.391. The highest BCUT2D eigenvalue weighted by atomic mass is 32.1. The van der Waals surface area contributed by atoms with Crippen molar-refractivity contribution in [2.24, 2.45) is 0 Å². The Labute approximate surface area is 202 Å². The molecule has 1 aromatic carbocycles. The van der Waals surface area contributed by atoms with E-state index in [-0.39, 0.29) is 4.88 Å². The first-order valence-corrected chi connectivity index (χ1v) is 11.8. The summed E-state index contributed by atoms with van der Waals surface area (Å²) in [5.74, 6) is 1.95. The molecule has 1 saturated heterocycles. The minimum absolute atomic E-state index is 0.178. The van der Waals surface area contributed by atoms with E-state index in [2.05, 4.69) is 30.1 Å². The van der Waals surface area contributed by atoms with Gasteiger partial charge in [-0.25, -0.2) is 19.7 Å². The molecule has 3 aromatic rings. The Morgan fingerprint density at radius 2 is 1.94 bits per heavy atom. The Morgan fingerprint density at radius 3 is 2.62 bits per heavy atom. The van der Waals surface area contributed by atoms with Crippen LogP contribution < -0.4 is 15.0 Å². The number of benzene rings is 1. The number of aromatic carboxylic acids is 1. The molecule has 0 radical (unpaired) electrons. The molecule has 1 fully saturated rings. The molecule has 3 heterocycles. The van der Waals surface area contributed by atoms with Crippen molar-refractivity contribution in [3.05, 3.63) is 52.8 Å². The van der Waals surface area contributed by atoms with Crippen molar-refractivity contribution in [2.75, 3.05) is 56.7 Å². The average Bonchev–Trinajstić information content (AvgIpc) is 3.31. The zero-order chi connectivity index (χ0) is 23.9. The van der Waals surface area contributed by atoms with Crippen LogP contribution in [0.15, 0.2) is 36.5 Å². The number of aromatic nitrogens is 3. The first-order chi connectivity index (χ1) is 16.5. The van der Waals surface area contributed by atoms with E-state index in [0.717, 1.165) is 61.2 Å². The van der Waals surface area contributed by atoms with Crippen LogP contribution in [0.4, 0.5) is 16.8 Å². The van der Waals surface area contributed by atoms with Crippen LogP contribution in [0.1, 0.15) is 21.1 Å². The lowest BCUT2D eigenvalue weighted by Crippen LogP contribution is -2.47. The number of carboxylic acid groups (broad SMARTS) is 1. The van der Waals surface area contributed by atoms with E-state index in [1.54, 1.807) is 7.11 Å². The molecule has 0 amide bonds. The van der Waals surface area contributed by atoms with Crippen LogP contribution in [0.5, 0.6) is 5.75 Å². The molecule has 11 heteroatoms. The minimum Gasteiger partial charge on any atom is -0.497 e. The molecule has 0 atom stereocenters. The van der Waals surface area contributed by atoms with Gasteiger partial charge in [0, 0.05) is 38.8 Å². The molecule has 0 saturated carbocycles. The van der Waals surface area contributed by atoms with Gasteiger partial charge in [-0.3, -0.25) is 4.90 Å². The third kappa shape index (κ3) is 6.40. The van der Waals surface area contributed by atoms with Crippen LogP contribution in [0.2, 0.25) is 0 Å². The zero-order valence-electron chi connectivity index (χ0n) is 19.2. The van der Waals surface area contributed by atoms with Crippen LogP contribution in [0.3, 0.4) is 0 Å². The molecule has 1 aliphatic rings. The number of methoxy groups -OCH3 is 1. The Balaban J connectivity index is 1.24. The second-order valence-electron chi connectivity index (χ2n) is 7.85. The van der Waals surface area contributed by atoms with Crippen LogP contribution in [0, 0.1) is 6.92 Å². The molecule has 0 aliphatic carbocycles. The van der Waals surface area contributed by atoms with Gasteiger partial charge in [0.05, 0.1) is 26.5 Å². The average molecular weight is 485 g/mol. The molecule has 2 aromatic heterocycles. The molecule has 180 valence electrons. The smallest absolute Gasteiger partial charge is 0.347 e. The number of carboxylic acids is 1. The third-order valence-corrected chi connectivity index (χ3v) is 6.35. The monoisotopic (exact) mass is 484 g/mol. The molecule has 1 aliphatic heterocycles. The number of rotatable bonds is 10. The maximum atomic E-state index is 11.1. The molecule has 34 heavy (non-hydrogen) atoms. The van der Waals surface area contributed by atoms with Crippen molar-refractivity contribution in [3.8, 4) is 5.75 Å². The number of carbonyl (C=O) groups is 1. The lowest BCUT2D eigenvalue weighted by molar-refractivity contribution is 0.0702. The Bertz CT molecular complexity index is 1100. The maximum absolute atomic E-state index is 11.1. The van der Waals surface area contributed by atoms with E-state index < -0.39 is 5.97 Å². The topological polar surface area (TPSA) is 113 Å². The molecule has 10 nitrogen and oxygen atoms in total. The van der Waals surface area contributed by atoms with E-state index in [9.17, 15) is 4.79 Å². The molecule has 0 bridgehead atoms. The number of hydrogen-bond donors (Lipinski definition) is 2. The van der Waals surface area contributed by atoms with E-state index in [0.29, 0.717) is 30.0 Å². The van der Waals surface area contributed by atoms with Gasteiger partial charge >= 0.3 is 5.97 Å². The second kappa shape index (κ2) is 11.2. The number of piperazine rings is 1. The number of hydrogen-bond acceptors (Lipinski definition) is 10. The second-order valence-corrected chi connectivity index (χ2v) is 8.88. The number of nitrogens with one attached hydrogen (secondary N) is 1. The van der Waals surface area contributed by atoms with Crippen molar-refractivity contribution in [2.45, 2.75) is 13.5 Å². The van der Waals surface area contributed by atoms with Gasteiger partial charge in [0.15, 0.2) is 5.13 Å². The standard InChI is InChI=1S/C23H28N6O4S/c1-16-25-20(27-23-24-14-19(34-23)22(30)31)13-21(26-16)29-9-7-28(8-10-29)11-12-33-15-17-3-5-18(32-2)6-4-17/h3-6,13-14H,7-12,15H2,1-2H3,(H,30,31)(H,24,25,26,27). The van der Waals surface area contributed by atoms with Gasteiger partial charge in [-0.1, -0.05) is 23.5 Å². The zero-order valence-corrected chi connectivity index (χ0v) is 20.0. The number of ether oxygens (including phenoxy) is 2. The van der Waals surface area contributed by atoms with Crippen LogP contribution in [-0.4, -0.2) is 77.4 Å². The molecule has 0 spiro atoms. The van der Waals surface area contributed by atoms with Crippen molar-refractivity contribution in [1.82, 2.24) is 19.9 Å². The van der Waals surface area contributed by atoms with Gasteiger partial charge in [-0.15, -0.1) is 0 Å². The van der Waals surface area contributed by atoms with Gasteiger partial charge in [-0.05, 0) is 24.6 Å². The Morgan fingerprint density at radius 1 is 1.18 bits per heavy atom. The summed E-state index contributed by atoms with van der Waals surface area (Å²) in [5.41, 5.74) is 1.13. The number of nitrogens with zero attached hydrogens (tertiary/aromatic N) is 5. The van der Waals surface area contributed by atoms with Gasteiger partial charge in [0.2, 0.25) is 0 Å². The summed E-state index contributed by atoms with van der Waals surface area (Å²) in [6.45, 7) is 7.55. The minimum atomic E-state index is -0.992. The van der Waals surface area contributed by atoms with Crippen molar-refractivity contribution in [3.63, 3.8) is 0 Å². The van der Waals surface area contributed by atoms with Crippen molar-refractivity contribution >= 4 is 34.1 Å². The molecular weight excluding hydrogens is 456 g/mol. The van der Waals surface area contributed by atoms with E-state index in [4.69, 9.17) is 14.6 Å². The molecular formula is C23H28N6O4S. The highest BCUT2D eigenvalue weighted by Crippen LogP contribution is 2.24. The van der Waals surface area contributed by atoms with Crippen LogP contribution >= 0.6 is 11.3 Å². The van der Waals surface area contributed by atoms with Crippen LogP contribution in [0.25, 0.3) is 0 Å². The van der Waals surface area contributed by atoms with Crippen molar-refractivity contribution < 1.29 is 19.4 Å². The summed E-state index contributed by atoms with van der Waals surface area (Å²) in [6.07, 6.45) is 1.34. The molecule has 4 rings (SSSR count). The quantitative estimate of drug-likeness (QED) is 0.416. The van der Waals surface area contributed by atoms with Crippen molar-refractivity contribution in [1.29, 1.82) is 0 Å². The van der Waals surface area contributed by atoms with Crippen LogP contribution in [-0.2, 0) is 11.3 Å². The normalized spacial score (nSPS) is 14.2. The summed E-state index contributed by atoms with van der Waals surface area (Å²) < 4.78 is 11.0. The molecule has 0 unspecified atom stereocenters. The highest BCUT2D eigenvalue weighted by molar-refractivity contribution is 7.17. The van der Waals surface area contributed by atoms with E-state index >= 15 is 0 Å². The van der Waals surface area contributed by atoms with E-state index in [1.807, 2.05) is 37.3 Å². The van der Waals surface area contributed by atoms with Gasteiger partial charge in [-0.2, -0.15) is 0 Å². The van der Waals surface area contributed by atoms with E-state index in [1.165, 1.54) is 6.20 Å². The SMILES string of the molecule is COc1ccc(COCCN2CCN(c3cc(Nc4ncc(C(=O)O)s4)nc(C)n3)CC2)cc1. The fourth-order valence-electron chi connectivity index (χ4n) is 3.62. The lowest BCUT2D eigenvalue weighted by atomic mass is 10.2. The fourth-order valence-corrected chi connectivity index (χ4v) is 4.29. The highest BCUT2D eigenvalue weighted by Gasteiger charge is 2.19. The Hall–Kier alpha value is -3.28. The largest absolute Gasteiger partial charge is 0.497 e. The van der Waals surface area contributed by atoms with Gasteiger partial charge < -0.3 is 24.8 Å². The lowest BCUT2D eigenvalue weighted by Gasteiger charge is -2.35. The predicted molar refractivity (Wildman–Crippen MR) is 130 cm³/mol. The summed E-state index contributed by atoms with van der Waals surface area (Å²) in [6, 6.07) is 9.80. The summed E-state index contributed by atoms with van der Waals surface area (Å²) in [4.78, 5) is 29.0. The summed E-state index contributed by atoms with van der Waals surface area (Å²) in [7, 11) is 1.66. The van der Waals surface area contributed by atoms with Gasteiger partial charge in [0.1, 0.15) is 28.1 Å². The summed E-state index contributed by atoms with van der Waals surface area (Å²) in [5, 5.41) is 12.7. The number of thiazole rings is 1. The summed E-state index contributed by atoms with van der Waals surface area (Å²) >= 11 is 1.07.